The predicted octanol–water partition coefficient (Wildman–Crippen LogP) is 12.2. The highest BCUT2D eigenvalue weighted by atomic mass is 16.5. The largest absolute Gasteiger partial charge is 0.492 e. The minimum absolute atomic E-state index is 0.263. The number of rotatable bonds is 13. The molecule has 1 aliphatic carbocycles. The van der Waals surface area contributed by atoms with Crippen molar-refractivity contribution in [2.24, 2.45) is 11.3 Å². The Morgan fingerprint density at radius 1 is 0.619 bits per heavy atom. The second-order valence-electron chi connectivity index (χ2n) is 13.1. The second-order valence-corrected chi connectivity index (χ2v) is 13.1. The summed E-state index contributed by atoms with van der Waals surface area (Å²) in [6.45, 7) is 19.4. The topological polar surface area (TPSA) is 9.23 Å². The molecule has 0 bridgehead atoms. The van der Waals surface area contributed by atoms with Crippen LogP contribution in [0.15, 0.2) is 48.5 Å². The lowest BCUT2D eigenvalue weighted by atomic mass is 9.79. The quantitative estimate of drug-likeness (QED) is 0.200. The molecular formula is C41H58O. The zero-order valence-corrected chi connectivity index (χ0v) is 28.2. The van der Waals surface area contributed by atoms with Gasteiger partial charge in [-0.25, -0.2) is 0 Å². The fourth-order valence-electron chi connectivity index (χ4n) is 7.43. The Morgan fingerprint density at radius 2 is 1.21 bits per heavy atom. The Bertz CT molecular complexity index is 1280. The van der Waals surface area contributed by atoms with E-state index >= 15 is 0 Å². The smallest absolute Gasteiger partial charge is 0.125 e. The van der Waals surface area contributed by atoms with E-state index in [-0.39, 0.29) is 5.41 Å². The van der Waals surface area contributed by atoms with E-state index in [0.29, 0.717) is 0 Å². The highest BCUT2D eigenvalue weighted by Gasteiger charge is 2.27. The summed E-state index contributed by atoms with van der Waals surface area (Å²) in [6, 6.07) is 19.2. The number of hydrogen-bond donors (Lipinski definition) is 0. The molecule has 3 aromatic rings. The number of benzene rings is 3. The number of aryl methyl sites for hydroxylation is 2. The lowest BCUT2D eigenvalue weighted by molar-refractivity contribution is 0.126. The molecule has 0 N–H and O–H groups in total. The molecule has 0 amide bonds. The van der Waals surface area contributed by atoms with Gasteiger partial charge in [0.15, 0.2) is 0 Å². The Morgan fingerprint density at radius 3 is 1.76 bits per heavy atom. The normalized spacial score (nSPS) is 17.4. The summed E-state index contributed by atoms with van der Waals surface area (Å²) in [5, 5.41) is 0. The summed E-state index contributed by atoms with van der Waals surface area (Å²) in [7, 11) is 0. The summed E-state index contributed by atoms with van der Waals surface area (Å²) < 4.78 is 6.81. The summed E-state index contributed by atoms with van der Waals surface area (Å²) >= 11 is 0. The summed E-state index contributed by atoms with van der Waals surface area (Å²) in [6.07, 6.45) is 13.0. The highest BCUT2D eigenvalue weighted by molar-refractivity contribution is 5.78. The van der Waals surface area contributed by atoms with Crippen molar-refractivity contribution < 1.29 is 4.74 Å². The molecule has 42 heavy (non-hydrogen) atoms. The molecule has 1 nitrogen and oxygen atoms in total. The van der Waals surface area contributed by atoms with E-state index in [1.807, 2.05) is 0 Å². The number of ether oxygens (including phenoxy) is 1. The first-order valence-corrected chi connectivity index (χ1v) is 17.4. The molecule has 4 rings (SSSR count). The maximum atomic E-state index is 6.81. The third-order valence-corrected chi connectivity index (χ3v) is 10.9. The van der Waals surface area contributed by atoms with Crippen LogP contribution < -0.4 is 4.74 Å². The number of hydrogen-bond acceptors (Lipinski definition) is 1. The average Bonchev–Trinajstić information content (AvgIpc) is 3.05. The first-order chi connectivity index (χ1) is 20.4. The molecular weight excluding hydrogens is 508 g/mol. The van der Waals surface area contributed by atoms with Gasteiger partial charge in [-0.15, -0.1) is 0 Å². The van der Waals surface area contributed by atoms with Gasteiger partial charge in [0.25, 0.3) is 0 Å². The van der Waals surface area contributed by atoms with Crippen LogP contribution in [-0.4, -0.2) is 6.61 Å². The van der Waals surface area contributed by atoms with Gasteiger partial charge in [-0.3, -0.25) is 0 Å². The minimum Gasteiger partial charge on any atom is -0.492 e. The van der Waals surface area contributed by atoms with Gasteiger partial charge in [-0.2, -0.15) is 0 Å². The van der Waals surface area contributed by atoms with E-state index in [0.717, 1.165) is 63.4 Å². The van der Waals surface area contributed by atoms with Gasteiger partial charge in [0.05, 0.1) is 6.61 Å². The van der Waals surface area contributed by atoms with Crippen molar-refractivity contribution in [2.45, 2.75) is 132 Å². The maximum absolute atomic E-state index is 6.81. The first kappa shape index (κ1) is 32.4. The lowest BCUT2D eigenvalue weighted by Crippen LogP contribution is -2.27. The highest BCUT2D eigenvalue weighted by Crippen LogP contribution is 2.41. The van der Waals surface area contributed by atoms with E-state index in [1.165, 1.54) is 81.5 Å². The SMILES string of the molecule is CCc1cc(-c2ccc(C3CCC(C)CC3)cc2)ccc1-c1cc(CC)c(OCC(CC)(CC)CC)c(CC)c1CC. The molecule has 0 spiro atoms. The van der Waals surface area contributed by atoms with Gasteiger partial charge in [-0.05, 0) is 126 Å². The van der Waals surface area contributed by atoms with Crippen LogP contribution in [0.25, 0.3) is 22.3 Å². The van der Waals surface area contributed by atoms with Crippen molar-refractivity contribution in [3.63, 3.8) is 0 Å². The molecule has 0 atom stereocenters. The van der Waals surface area contributed by atoms with Crippen molar-refractivity contribution >= 4 is 0 Å². The molecule has 0 saturated heterocycles. The molecule has 0 heterocycles. The molecule has 0 aliphatic heterocycles. The molecule has 0 radical (unpaired) electrons. The molecule has 1 saturated carbocycles. The Kier molecular flexibility index (Phi) is 11.4. The van der Waals surface area contributed by atoms with Crippen molar-refractivity contribution in [3.05, 3.63) is 76.3 Å². The van der Waals surface area contributed by atoms with Crippen molar-refractivity contribution in [2.75, 3.05) is 6.61 Å². The van der Waals surface area contributed by atoms with Crippen LogP contribution in [-0.2, 0) is 25.7 Å². The molecule has 228 valence electrons. The van der Waals surface area contributed by atoms with Gasteiger partial charge >= 0.3 is 0 Å². The van der Waals surface area contributed by atoms with Crippen LogP contribution in [0.2, 0.25) is 0 Å². The van der Waals surface area contributed by atoms with Crippen LogP contribution in [0.3, 0.4) is 0 Å². The van der Waals surface area contributed by atoms with Crippen molar-refractivity contribution in [1.82, 2.24) is 0 Å². The van der Waals surface area contributed by atoms with Gasteiger partial charge in [0.1, 0.15) is 5.75 Å². The summed E-state index contributed by atoms with van der Waals surface area (Å²) in [5.74, 6) is 2.81. The molecule has 3 aromatic carbocycles. The Labute approximate surface area is 258 Å². The minimum atomic E-state index is 0.263. The fourth-order valence-corrected chi connectivity index (χ4v) is 7.43. The van der Waals surface area contributed by atoms with Gasteiger partial charge in [0.2, 0.25) is 0 Å². The second kappa shape index (κ2) is 14.8. The zero-order valence-electron chi connectivity index (χ0n) is 28.2. The van der Waals surface area contributed by atoms with Crippen molar-refractivity contribution in [3.8, 4) is 28.0 Å². The van der Waals surface area contributed by atoms with Crippen LogP contribution in [0.5, 0.6) is 5.75 Å². The Balaban J connectivity index is 1.69. The van der Waals surface area contributed by atoms with Crippen LogP contribution >= 0.6 is 0 Å². The molecule has 0 aromatic heterocycles. The average molecular weight is 567 g/mol. The van der Waals surface area contributed by atoms with E-state index in [9.17, 15) is 0 Å². The third kappa shape index (κ3) is 6.82. The monoisotopic (exact) mass is 566 g/mol. The predicted molar refractivity (Wildman–Crippen MR) is 184 cm³/mol. The van der Waals surface area contributed by atoms with Crippen molar-refractivity contribution in [1.29, 1.82) is 0 Å². The van der Waals surface area contributed by atoms with Gasteiger partial charge < -0.3 is 4.74 Å². The summed E-state index contributed by atoms with van der Waals surface area (Å²) in [5.41, 5.74) is 12.9. The van der Waals surface area contributed by atoms with E-state index in [2.05, 4.69) is 104 Å². The first-order valence-electron chi connectivity index (χ1n) is 17.4. The Hall–Kier alpha value is -2.54. The zero-order chi connectivity index (χ0) is 30.3. The third-order valence-electron chi connectivity index (χ3n) is 10.9. The standard InChI is InChI=1S/C41H58O/c1-9-30-26-35(34-22-20-33(21-23-34)32-18-16-29(8)17-19-32)24-25-38(30)39-27-31(10-2)40(37(12-4)36(39)11-3)42-28-41(13-5,14-6)15-7/h20-27,29,32H,9-19,28H2,1-8H3. The van der Waals surface area contributed by atoms with E-state index in [1.54, 1.807) is 0 Å². The van der Waals surface area contributed by atoms with Crippen LogP contribution in [0.4, 0.5) is 0 Å². The van der Waals surface area contributed by atoms with E-state index < -0.39 is 0 Å². The van der Waals surface area contributed by atoms with Gasteiger partial charge in [0, 0.05) is 5.41 Å². The van der Waals surface area contributed by atoms with Crippen LogP contribution in [0, 0.1) is 11.3 Å². The van der Waals surface area contributed by atoms with Crippen LogP contribution in [0.1, 0.15) is 134 Å². The maximum Gasteiger partial charge on any atom is 0.125 e. The molecule has 1 heteroatoms. The van der Waals surface area contributed by atoms with Gasteiger partial charge in [-0.1, -0.05) is 111 Å². The lowest BCUT2D eigenvalue weighted by Gasteiger charge is -2.32. The molecule has 1 aliphatic rings. The fraction of sp³-hybridized carbons (Fsp3) is 0.561. The van der Waals surface area contributed by atoms with E-state index in [4.69, 9.17) is 4.74 Å². The summed E-state index contributed by atoms with van der Waals surface area (Å²) in [4.78, 5) is 0. The molecule has 0 unspecified atom stereocenters. The molecule has 1 fully saturated rings.